The number of hydrogen-bond donors (Lipinski definition) is 0. The SMILES string of the molecule is Cc1cccc(OCCOc2ccc(Br)cc2)c1[N+](=O)[O-]. The number of ether oxygens (including phenoxy) is 2. The van der Waals surface area contributed by atoms with E-state index in [0.717, 1.165) is 10.2 Å². The first-order valence-electron chi connectivity index (χ1n) is 6.33. The molecule has 2 rings (SSSR count). The summed E-state index contributed by atoms with van der Waals surface area (Å²) >= 11 is 3.34. The largest absolute Gasteiger partial charge is 0.490 e. The summed E-state index contributed by atoms with van der Waals surface area (Å²) in [5.41, 5.74) is 0.576. The fraction of sp³-hybridized carbons (Fsp3) is 0.200. The topological polar surface area (TPSA) is 61.6 Å². The van der Waals surface area contributed by atoms with Crippen LogP contribution in [0.2, 0.25) is 0 Å². The van der Waals surface area contributed by atoms with E-state index < -0.39 is 4.92 Å². The summed E-state index contributed by atoms with van der Waals surface area (Å²) in [7, 11) is 0. The molecular formula is C15H14BrNO4. The van der Waals surface area contributed by atoms with E-state index in [9.17, 15) is 10.1 Å². The highest BCUT2D eigenvalue weighted by molar-refractivity contribution is 9.10. The third-order valence-corrected chi connectivity index (χ3v) is 3.34. The number of rotatable bonds is 6. The van der Waals surface area contributed by atoms with Crippen molar-refractivity contribution in [2.24, 2.45) is 0 Å². The maximum atomic E-state index is 11.0. The monoisotopic (exact) mass is 351 g/mol. The lowest BCUT2D eigenvalue weighted by molar-refractivity contribution is -0.386. The van der Waals surface area contributed by atoms with E-state index >= 15 is 0 Å². The van der Waals surface area contributed by atoms with Crippen LogP contribution < -0.4 is 9.47 Å². The zero-order chi connectivity index (χ0) is 15.2. The van der Waals surface area contributed by atoms with Crippen LogP contribution in [0.4, 0.5) is 5.69 Å². The summed E-state index contributed by atoms with van der Waals surface area (Å²) in [6.07, 6.45) is 0. The summed E-state index contributed by atoms with van der Waals surface area (Å²) in [6, 6.07) is 12.4. The maximum absolute atomic E-state index is 11.0. The minimum absolute atomic E-state index is 0.00106. The predicted octanol–water partition coefficient (Wildman–Crippen LogP) is 4.12. The maximum Gasteiger partial charge on any atom is 0.313 e. The van der Waals surface area contributed by atoms with Crippen LogP contribution in [0.25, 0.3) is 0 Å². The molecule has 0 aliphatic rings. The van der Waals surface area contributed by atoms with Gasteiger partial charge >= 0.3 is 5.69 Å². The van der Waals surface area contributed by atoms with Crippen molar-refractivity contribution in [3.8, 4) is 11.5 Å². The second-order valence-electron chi connectivity index (χ2n) is 4.33. The van der Waals surface area contributed by atoms with Crippen LogP contribution in [0.3, 0.4) is 0 Å². The zero-order valence-electron chi connectivity index (χ0n) is 11.4. The summed E-state index contributed by atoms with van der Waals surface area (Å²) in [4.78, 5) is 10.6. The Morgan fingerprint density at radius 3 is 2.43 bits per heavy atom. The van der Waals surface area contributed by atoms with Crippen molar-refractivity contribution < 1.29 is 14.4 Å². The van der Waals surface area contributed by atoms with Gasteiger partial charge in [0.2, 0.25) is 0 Å². The smallest absolute Gasteiger partial charge is 0.313 e. The van der Waals surface area contributed by atoms with Crippen LogP contribution in [-0.2, 0) is 0 Å². The van der Waals surface area contributed by atoms with Crippen molar-refractivity contribution in [3.63, 3.8) is 0 Å². The van der Waals surface area contributed by atoms with E-state index in [0.29, 0.717) is 12.2 Å². The highest BCUT2D eigenvalue weighted by atomic mass is 79.9. The molecule has 0 aromatic heterocycles. The Morgan fingerprint density at radius 1 is 1.10 bits per heavy atom. The molecule has 0 aliphatic heterocycles. The Hall–Kier alpha value is -2.08. The van der Waals surface area contributed by atoms with Crippen LogP contribution >= 0.6 is 15.9 Å². The zero-order valence-corrected chi connectivity index (χ0v) is 13.0. The van der Waals surface area contributed by atoms with Gasteiger partial charge < -0.3 is 9.47 Å². The normalized spacial score (nSPS) is 10.2. The van der Waals surface area contributed by atoms with E-state index in [-0.39, 0.29) is 18.0 Å². The summed E-state index contributed by atoms with van der Waals surface area (Å²) in [5.74, 6) is 0.986. The molecule has 0 amide bonds. The number of nitro groups is 1. The van der Waals surface area contributed by atoms with Gasteiger partial charge in [0.05, 0.1) is 4.92 Å². The van der Waals surface area contributed by atoms with E-state index in [1.807, 2.05) is 24.3 Å². The lowest BCUT2D eigenvalue weighted by Gasteiger charge is -2.09. The van der Waals surface area contributed by atoms with E-state index in [1.54, 1.807) is 25.1 Å². The van der Waals surface area contributed by atoms with Crippen molar-refractivity contribution in [3.05, 3.63) is 62.6 Å². The quantitative estimate of drug-likeness (QED) is 0.446. The van der Waals surface area contributed by atoms with Crippen LogP contribution in [0.1, 0.15) is 5.56 Å². The van der Waals surface area contributed by atoms with Crippen molar-refractivity contribution in [2.45, 2.75) is 6.92 Å². The third kappa shape index (κ3) is 4.19. The Labute approximate surface area is 130 Å². The fourth-order valence-corrected chi connectivity index (χ4v) is 2.09. The lowest BCUT2D eigenvalue weighted by Crippen LogP contribution is -2.10. The number of hydrogen-bond acceptors (Lipinski definition) is 4. The van der Waals surface area contributed by atoms with Gasteiger partial charge in [-0.25, -0.2) is 0 Å². The molecule has 0 radical (unpaired) electrons. The molecular weight excluding hydrogens is 338 g/mol. The highest BCUT2D eigenvalue weighted by Gasteiger charge is 2.17. The third-order valence-electron chi connectivity index (χ3n) is 2.81. The number of nitro benzene ring substituents is 1. The van der Waals surface area contributed by atoms with Crippen LogP contribution in [0, 0.1) is 17.0 Å². The van der Waals surface area contributed by atoms with Crippen LogP contribution in [0.5, 0.6) is 11.5 Å². The van der Waals surface area contributed by atoms with Gasteiger partial charge in [-0.3, -0.25) is 10.1 Å². The molecule has 0 saturated carbocycles. The second-order valence-corrected chi connectivity index (χ2v) is 5.25. The molecule has 0 N–H and O–H groups in total. The Balaban J connectivity index is 1.90. The highest BCUT2D eigenvalue weighted by Crippen LogP contribution is 2.30. The predicted molar refractivity (Wildman–Crippen MR) is 83.0 cm³/mol. The molecule has 21 heavy (non-hydrogen) atoms. The first-order valence-corrected chi connectivity index (χ1v) is 7.12. The molecule has 2 aromatic carbocycles. The average molecular weight is 352 g/mol. The number of halogens is 1. The molecule has 5 nitrogen and oxygen atoms in total. The molecule has 0 saturated heterocycles. The molecule has 2 aromatic rings. The van der Waals surface area contributed by atoms with Gasteiger partial charge in [0.15, 0.2) is 5.75 Å². The number of nitrogens with zero attached hydrogens (tertiary/aromatic N) is 1. The van der Waals surface area contributed by atoms with Gasteiger partial charge in [0.25, 0.3) is 0 Å². The Kier molecular flexibility index (Phi) is 5.16. The Bertz CT molecular complexity index is 628. The van der Waals surface area contributed by atoms with Crippen molar-refractivity contribution in [1.29, 1.82) is 0 Å². The molecule has 0 atom stereocenters. The van der Waals surface area contributed by atoms with E-state index in [2.05, 4.69) is 15.9 Å². The summed E-state index contributed by atoms with van der Waals surface area (Å²) in [5, 5.41) is 11.0. The molecule has 0 spiro atoms. The molecule has 0 fully saturated rings. The Morgan fingerprint density at radius 2 is 1.76 bits per heavy atom. The summed E-state index contributed by atoms with van der Waals surface area (Å²) < 4.78 is 11.9. The fourth-order valence-electron chi connectivity index (χ4n) is 1.82. The van der Waals surface area contributed by atoms with Crippen LogP contribution in [-0.4, -0.2) is 18.1 Å². The van der Waals surface area contributed by atoms with Gasteiger partial charge in [-0.15, -0.1) is 0 Å². The van der Waals surface area contributed by atoms with Gasteiger partial charge in [-0.05, 0) is 37.3 Å². The molecule has 0 unspecified atom stereocenters. The van der Waals surface area contributed by atoms with Gasteiger partial charge in [0.1, 0.15) is 19.0 Å². The first kappa shape index (κ1) is 15.3. The minimum atomic E-state index is -0.430. The minimum Gasteiger partial charge on any atom is -0.490 e. The molecule has 0 bridgehead atoms. The van der Waals surface area contributed by atoms with Crippen molar-refractivity contribution in [2.75, 3.05) is 13.2 Å². The van der Waals surface area contributed by atoms with Crippen molar-refractivity contribution >= 4 is 21.6 Å². The van der Waals surface area contributed by atoms with Crippen LogP contribution in [0.15, 0.2) is 46.9 Å². The van der Waals surface area contributed by atoms with Gasteiger partial charge in [-0.2, -0.15) is 0 Å². The first-order chi connectivity index (χ1) is 10.1. The van der Waals surface area contributed by atoms with Gasteiger partial charge in [-0.1, -0.05) is 28.1 Å². The molecule has 110 valence electrons. The molecule has 0 aliphatic carbocycles. The van der Waals surface area contributed by atoms with E-state index in [4.69, 9.17) is 9.47 Å². The molecule has 0 heterocycles. The second kappa shape index (κ2) is 7.08. The summed E-state index contributed by atoms with van der Waals surface area (Å²) in [6.45, 7) is 2.23. The number of benzene rings is 2. The number of para-hydroxylation sites is 1. The van der Waals surface area contributed by atoms with Crippen molar-refractivity contribution in [1.82, 2.24) is 0 Å². The van der Waals surface area contributed by atoms with Gasteiger partial charge in [0, 0.05) is 10.0 Å². The van der Waals surface area contributed by atoms with E-state index in [1.165, 1.54) is 0 Å². The molecule has 6 heteroatoms. The standard InChI is InChI=1S/C15H14BrNO4/c1-11-3-2-4-14(15(11)17(18)19)21-10-9-20-13-7-5-12(16)6-8-13/h2-8H,9-10H2,1H3. The lowest BCUT2D eigenvalue weighted by atomic mass is 10.2. The average Bonchev–Trinajstić information content (AvgIpc) is 2.45. The number of aryl methyl sites for hydroxylation is 1.